The number of thiophene rings is 1. The van der Waals surface area contributed by atoms with Crippen molar-refractivity contribution in [2.45, 2.75) is 26.2 Å². The summed E-state index contributed by atoms with van der Waals surface area (Å²) in [6.45, 7) is 1.80. The summed E-state index contributed by atoms with van der Waals surface area (Å²) in [5, 5.41) is 6.17. The molecule has 0 saturated heterocycles. The van der Waals surface area contributed by atoms with Gasteiger partial charge in [-0.1, -0.05) is 18.2 Å². The van der Waals surface area contributed by atoms with Gasteiger partial charge < -0.3 is 14.1 Å². The zero-order chi connectivity index (χ0) is 23.5. The highest BCUT2D eigenvalue weighted by Gasteiger charge is 2.30. The molecule has 3 aromatic rings. The van der Waals surface area contributed by atoms with Crippen LogP contribution in [0.25, 0.3) is 0 Å². The van der Waals surface area contributed by atoms with Crippen LogP contribution in [0, 0.1) is 6.92 Å². The van der Waals surface area contributed by atoms with Gasteiger partial charge in [-0.15, -0.1) is 11.3 Å². The van der Waals surface area contributed by atoms with Crippen molar-refractivity contribution >= 4 is 40.5 Å². The number of nitrogens with one attached hydrogen (secondary N) is 1. The Bertz CT molecular complexity index is 1240. The molecule has 0 atom stereocenters. The van der Waals surface area contributed by atoms with E-state index in [9.17, 15) is 14.4 Å². The smallest absolute Gasteiger partial charge is 0.339 e. The number of ether oxygens (including phenoxy) is 1. The van der Waals surface area contributed by atoms with Crippen molar-refractivity contribution < 1.29 is 23.5 Å². The Morgan fingerprint density at radius 3 is 2.67 bits per heavy atom. The van der Waals surface area contributed by atoms with E-state index in [2.05, 4.69) is 10.5 Å². The second-order valence-corrected chi connectivity index (χ2v) is 8.51. The molecule has 2 heterocycles. The Balaban J connectivity index is 1.64. The summed E-state index contributed by atoms with van der Waals surface area (Å²) in [6.07, 6.45) is 2.12. The van der Waals surface area contributed by atoms with Crippen molar-refractivity contribution in [3.63, 3.8) is 0 Å². The second-order valence-electron chi connectivity index (χ2n) is 7.56. The molecule has 0 fully saturated rings. The molecule has 1 aromatic carbocycles. The number of esters is 1. The average molecular weight is 466 g/mol. The van der Waals surface area contributed by atoms with Gasteiger partial charge in [0.1, 0.15) is 5.76 Å². The normalized spacial score (nSPS) is 14.0. The van der Waals surface area contributed by atoms with Gasteiger partial charge in [-0.25, -0.2) is 10.2 Å². The molecule has 4 rings (SSSR count). The number of benzene rings is 1. The van der Waals surface area contributed by atoms with Crippen molar-refractivity contribution in [1.82, 2.24) is 5.43 Å². The summed E-state index contributed by atoms with van der Waals surface area (Å²) in [4.78, 5) is 39.7. The summed E-state index contributed by atoms with van der Waals surface area (Å²) in [6, 6.07) is 10.3. The molecule has 170 valence electrons. The van der Waals surface area contributed by atoms with Crippen LogP contribution in [-0.4, -0.2) is 37.7 Å². The van der Waals surface area contributed by atoms with E-state index >= 15 is 0 Å². The van der Waals surface area contributed by atoms with Crippen molar-refractivity contribution in [3.05, 3.63) is 74.9 Å². The van der Waals surface area contributed by atoms with Gasteiger partial charge in [-0.2, -0.15) is 5.10 Å². The Labute approximate surface area is 194 Å². The van der Waals surface area contributed by atoms with Gasteiger partial charge in [0.25, 0.3) is 11.8 Å². The van der Waals surface area contributed by atoms with Gasteiger partial charge in [0.05, 0.1) is 28.9 Å². The maximum Gasteiger partial charge on any atom is 0.339 e. The number of hydrazone groups is 1. The molecule has 0 bridgehead atoms. The number of rotatable bonds is 5. The Morgan fingerprint density at radius 1 is 1.15 bits per heavy atom. The minimum absolute atomic E-state index is 0.182. The second kappa shape index (κ2) is 9.41. The van der Waals surface area contributed by atoms with Crippen molar-refractivity contribution in [2.24, 2.45) is 5.10 Å². The first-order valence-corrected chi connectivity index (χ1v) is 11.3. The Hall–Kier alpha value is -3.72. The van der Waals surface area contributed by atoms with Gasteiger partial charge in [0.2, 0.25) is 0 Å². The molecular weight excluding hydrogens is 442 g/mol. The maximum atomic E-state index is 13.3. The third kappa shape index (κ3) is 4.31. The summed E-state index contributed by atoms with van der Waals surface area (Å²) in [5.74, 6) is -0.347. The lowest BCUT2D eigenvalue weighted by atomic mass is 9.93. The van der Waals surface area contributed by atoms with Crippen LogP contribution in [0.3, 0.4) is 0 Å². The van der Waals surface area contributed by atoms with E-state index in [0.717, 1.165) is 12.0 Å². The fourth-order valence-corrected chi connectivity index (χ4v) is 4.49. The standard InChI is InChI=1S/C24H23N3O5S/c1-14-20-16(25-26-22(28)19-12-7-13-33-19)9-6-11-18(20)32-21(14)23(29)27(2)17-10-5-4-8-15(17)24(30)31-3/h4-5,7-8,10,12-13H,6,9,11H2,1-3H3,(H,26,28)/b25-16+. The molecular formula is C24H23N3O5S. The van der Waals surface area contributed by atoms with Crippen LogP contribution in [-0.2, 0) is 11.2 Å². The fourth-order valence-electron chi connectivity index (χ4n) is 3.88. The quantitative estimate of drug-likeness (QED) is 0.450. The average Bonchev–Trinajstić information content (AvgIpc) is 3.50. The van der Waals surface area contributed by atoms with Gasteiger partial charge >= 0.3 is 5.97 Å². The van der Waals surface area contributed by atoms with E-state index in [0.29, 0.717) is 40.4 Å². The summed E-state index contributed by atoms with van der Waals surface area (Å²) < 4.78 is 10.8. The first kappa shape index (κ1) is 22.5. The van der Waals surface area contributed by atoms with E-state index in [1.807, 2.05) is 5.38 Å². The number of amides is 2. The van der Waals surface area contributed by atoms with E-state index in [4.69, 9.17) is 9.15 Å². The fraction of sp³-hybridized carbons (Fsp3) is 0.250. The number of anilines is 1. The molecule has 9 heteroatoms. The van der Waals surface area contributed by atoms with Crippen molar-refractivity contribution in [1.29, 1.82) is 0 Å². The third-order valence-electron chi connectivity index (χ3n) is 5.53. The van der Waals surface area contributed by atoms with Crippen LogP contribution >= 0.6 is 11.3 Å². The van der Waals surface area contributed by atoms with Crippen LogP contribution in [0.2, 0.25) is 0 Å². The molecule has 0 saturated carbocycles. The van der Waals surface area contributed by atoms with Gasteiger partial charge in [0, 0.05) is 24.6 Å². The molecule has 8 nitrogen and oxygen atoms in total. The number of hydrogen-bond donors (Lipinski definition) is 1. The highest BCUT2D eigenvalue weighted by atomic mass is 32.1. The number of carbonyl (C=O) groups is 3. The molecule has 2 aromatic heterocycles. The lowest BCUT2D eigenvalue weighted by Crippen LogP contribution is -2.28. The van der Waals surface area contributed by atoms with E-state index in [1.54, 1.807) is 50.4 Å². The molecule has 1 aliphatic rings. The van der Waals surface area contributed by atoms with Crippen LogP contribution in [0.4, 0.5) is 5.69 Å². The van der Waals surface area contributed by atoms with E-state index < -0.39 is 5.97 Å². The lowest BCUT2D eigenvalue weighted by Gasteiger charge is -2.19. The summed E-state index contributed by atoms with van der Waals surface area (Å²) >= 11 is 1.34. The van der Waals surface area contributed by atoms with Crippen LogP contribution in [0.1, 0.15) is 60.3 Å². The van der Waals surface area contributed by atoms with Crippen molar-refractivity contribution in [2.75, 3.05) is 19.1 Å². The number of nitrogens with zero attached hydrogens (tertiary/aromatic N) is 2. The predicted octanol–water partition coefficient (Wildman–Crippen LogP) is 4.18. The minimum atomic E-state index is -0.531. The summed E-state index contributed by atoms with van der Waals surface area (Å²) in [7, 11) is 2.88. The number of hydrogen-bond acceptors (Lipinski definition) is 7. The highest BCUT2D eigenvalue weighted by molar-refractivity contribution is 7.12. The molecule has 1 aliphatic carbocycles. The Morgan fingerprint density at radius 2 is 1.94 bits per heavy atom. The summed E-state index contributed by atoms with van der Waals surface area (Å²) in [5.41, 5.74) is 5.39. The predicted molar refractivity (Wildman–Crippen MR) is 125 cm³/mol. The van der Waals surface area contributed by atoms with E-state index in [1.165, 1.54) is 23.3 Å². The highest BCUT2D eigenvalue weighted by Crippen LogP contribution is 2.32. The van der Waals surface area contributed by atoms with Crippen LogP contribution < -0.4 is 10.3 Å². The zero-order valence-corrected chi connectivity index (χ0v) is 19.3. The minimum Gasteiger partial charge on any atom is -0.465 e. The van der Waals surface area contributed by atoms with Gasteiger partial charge in [-0.05, 0) is 43.3 Å². The Kier molecular flexibility index (Phi) is 6.41. The molecule has 2 amide bonds. The largest absolute Gasteiger partial charge is 0.465 e. The monoisotopic (exact) mass is 465 g/mol. The van der Waals surface area contributed by atoms with Crippen LogP contribution in [0.15, 0.2) is 51.3 Å². The first-order valence-electron chi connectivity index (χ1n) is 10.4. The van der Waals surface area contributed by atoms with Gasteiger partial charge in [-0.3, -0.25) is 9.59 Å². The van der Waals surface area contributed by atoms with E-state index in [-0.39, 0.29) is 23.1 Å². The maximum absolute atomic E-state index is 13.3. The molecule has 0 radical (unpaired) electrons. The zero-order valence-electron chi connectivity index (χ0n) is 18.5. The molecule has 0 unspecified atom stereocenters. The van der Waals surface area contributed by atoms with Crippen molar-refractivity contribution in [3.8, 4) is 0 Å². The number of aryl methyl sites for hydroxylation is 1. The number of para-hydroxylation sites is 1. The number of carbonyl (C=O) groups excluding carboxylic acids is 3. The topological polar surface area (TPSA) is 101 Å². The number of fused-ring (bicyclic) bond motifs is 1. The SMILES string of the molecule is COC(=O)c1ccccc1N(C)C(=O)c1oc2c(c1C)/C(=N/NC(=O)c1cccs1)CCC2. The lowest BCUT2D eigenvalue weighted by molar-refractivity contribution is 0.0601. The molecule has 0 spiro atoms. The molecule has 33 heavy (non-hydrogen) atoms. The number of furan rings is 1. The molecule has 1 N–H and O–H groups in total. The van der Waals surface area contributed by atoms with Crippen LogP contribution in [0.5, 0.6) is 0 Å². The number of methoxy groups -OCH3 is 1. The first-order chi connectivity index (χ1) is 15.9. The third-order valence-corrected chi connectivity index (χ3v) is 6.40. The molecule has 0 aliphatic heterocycles. The van der Waals surface area contributed by atoms with Gasteiger partial charge in [0.15, 0.2) is 5.76 Å².